The summed E-state index contributed by atoms with van der Waals surface area (Å²) in [6.07, 6.45) is 3.63. The fourth-order valence-corrected chi connectivity index (χ4v) is 2.62. The molecule has 3 aromatic rings. The Balaban J connectivity index is 1.86. The number of aromatic nitrogens is 3. The van der Waals surface area contributed by atoms with Gasteiger partial charge in [0.25, 0.3) is 5.56 Å². The van der Waals surface area contributed by atoms with Gasteiger partial charge in [-0.3, -0.25) is 4.79 Å². The van der Waals surface area contributed by atoms with Gasteiger partial charge in [0.15, 0.2) is 0 Å². The lowest BCUT2D eigenvalue weighted by molar-refractivity contribution is 0.988. The molecular formula is C15H13ClN4OS. The van der Waals surface area contributed by atoms with E-state index in [4.69, 9.17) is 11.6 Å². The highest BCUT2D eigenvalue weighted by atomic mass is 35.5. The molecule has 0 aliphatic heterocycles. The number of halogens is 1. The van der Waals surface area contributed by atoms with Crippen LogP contribution in [0.5, 0.6) is 0 Å². The van der Waals surface area contributed by atoms with Crippen LogP contribution in [-0.2, 0) is 6.54 Å². The Labute approximate surface area is 136 Å². The number of rotatable bonds is 4. The third kappa shape index (κ3) is 3.23. The van der Waals surface area contributed by atoms with Gasteiger partial charge in [-0.25, -0.2) is 9.97 Å². The molecule has 0 atom stereocenters. The van der Waals surface area contributed by atoms with E-state index in [1.54, 1.807) is 18.3 Å². The van der Waals surface area contributed by atoms with Gasteiger partial charge in [0.1, 0.15) is 5.03 Å². The molecule has 0 saturated carbocycles. The van der Waals surface area contributed by atoms with E-state index in [1.807, 2.05) is 24.5 Å². The average molecular weight is 333 g/mol. The monoisotopic (exact) mass is 332 g/mol. The van der Waals surface area contributed by atoms with Crippen molar-refractivity contribution in [2.24, 2.45) is 0 Å². The molecule has 2 N–H and O–H groups in total. The van der Waals surface area contributed by atoms with Crippen LogP contribution >= 0.6 is 23.4 Å². The smallest absolute Gasteiger partial charge is 0.253 e. The molecule has 0 aliphatic carbocycles. The van der Waals surface area contributed by atoms with Gasteiger partial charge in [-0.15, -0.1) is 11.8 Å². The van der Waals surface area contributed by atoms with Crippen LogP contribution in [0.4, 0.5) is 5.95 Å². The third-order valence-corrected chi connectivity index (χ3v) is 4.04. The molecule has 1 aromatic carbocycles. The molecule has 0 bridgehead atoms. The van der Waals surface area contributed by atoms with Crippen molar-refractivity contribution in [2.75, 3.05) is 11.6 Å². The lowest BCUT2D eigenvalue weighted by atomic mass is 10.1. The molecule has 0 fully saturated rings. The fraction of sp³-hybridized carbons (Fsp3) is 0.133. The van der Waals surface area contributed by atoms with Crippen LogP contribution in [0.15, 0.2) is 46.3 Å². The van der Waals surface area contributed by atoms with E-state index in [9.17, 15) is 4.79 Å². The van der Waals surface area contributed by atoms with Gasteiger partial charge in [-0.05, 0) is 36.6 Å². The summed E-state index contributed by atoms with van der Waals surface area (Å²) in [5.74, 6) is 0.498. The zero-order valence-electron chi connectivity index (χ0n) is 11.8. The van der Waals surface area contributed by atoms with E-state index in [1.165, 1.54) is 11.8 Å². The van der Waals surface area contributed by atoms with Crippen molar-refractivity contribution < 1.29 is 0 Å². The largest absolute Gasteiger partial charge is 0.350 e. The third-order valence-electron chi connectivity index (χ3n) is 3.16. The van der Waals surface area contributed by atoms with Gasteiger partial charge in [0.2, 0.25) is 5.95 Å². The van der Waals surface area contributed by atoms with Crippen LogP contribution < -0.4 is 10.9 Å². The maximum Gasteiger partial charge on any atom is 0.253 e. The quantitative estimate of drug-likeness (QED) is 0.566. The van der Waals surface area contributed by atoms with Gasteiger partial charge in [0.05, 0.1) is 0 Å². The van der Waals surface area contributed by atoms with Crippen molar-refractivity contribution in [3.8, 4) is 0 Å². The predicted octanol–water partition coefficient (Wildman–Crippen LogP) is 3.31. The van der Waals surface area contributed by atoms with Crippen molar-refractivity contribution >= 4 is 40.2 Å². The van der Waals surface area contributed by atoms with Gasteiger partial charge in [-0.1, -0.05) is 11.6 Å². The minimum absolute atomic E-state index is 0.136. The fourth-order valence-electron chi connectivity index (χ4n) is 2.07. The normalized spacial score (nSPS) is 10.8. The van der Waals surface area contributed by atoms with Crippen molar-refractivity contribution in [3.05, 3.63) is 57.5 Å². The van der Waals surface area contributed by atoms with E-state index < -0.39 is 0 Å². The molecule has 3 rings (SSSR count). The summed E-state index contributed by atoms with van der Waals surface area (Å²) in [7, 11) is 0. The number of hydrogen-bond acceptors (Lipinski definition) is 5. The number of H-pyrrole nitrogens is 1. The Morgan fingerprint density at radius 1 is 1.32 bits per heavy atom. The molecule has 0 radical (unpaired) electrons. The second-order valence-electron chi connectivity index (χ2n) is 4.63. The summed E-state index contributed by atoms with van der Waals surface area (Å²) in [6.45, 7) is 0.343. The van der Waals surface area contributed by atoms with Gasteiger partial charge in [-0.2, -0.15) is 0 Å². The first-order valence-corrected chi connectivity index (χ1v) is 8.18. The summed E-state index contributed by atoms with van der Waals surface area (Å²) in [5, 5.41) is 5.46. The molecule has 22 heavy (non-hydrogen) atoms. The lowest BCUT2D eigenvalue weighted by Gasteiger charge is -2.06. The van der Waals surface area contributed by atoms with Crippen LogP contribution in [0.3, 0.4) is 0 Å². The van der Waals surface area contributed by atoms with Crippen LogP contribution in [-0.4, -0.2) is 21.2 Å². The first-order chi connectivity index (χ1) is 10.7. The molecule has 0 saturated heterocycles. The highest BCUT2D eigenvalue weighted by molar-refractivity contribution is 7.98. The van der Waals surface area contributed by atoms with Crippen LogP contribution in [0, 0.1) is 0 Å². The molecule has 2 aromatic heterocycles. The predicted molar refractivity (Wildman–Crippen MR) is 90.7 cm³/mol. The number of fused-ring (bicyclic) bond motifs is 1. The van der Waals surface area contributed by atoms with Gasteiger partial charge < -0.3 is 10.3 Å². The van der Waals surface area contributed by atoms with Crippen molar-refractivity contribution in [2.45, 2.75) is 11.6 Å². The lowest BCUT2D eigenvalue weighted by Crippen LogP contribution is -2.16. The Morgan fingerprint density at radius 2 is 2.18 bits per heavy atom. The van der Waals surface area contributed by atoms with E-state index in [-0.39, 0.29) is 5.56 Å². The van der Waals surface area contributed by atoms with Crippen LogP contribution in [0.2, 0.25) is 5.02 Å². The summed E-state index contributed by atoms with van der Waals surface area (Å²) in [5.41, 5.74) is 1.23. The standard InChI is InChI=1S/C15H13ClN4OS/c1-22-13-4-5-17-15(20-13)18-8-10-6-9-7-11(16)2-3-12(9)19-14(10)21/h2-7H,8H2,1H3,(H,19,21)(H,17,18,20). The highest BCUT2D eigenvalue weighted by Gasteiger charge is 2.05. The number of anilines is 1. The number of hydrogen-bond donors (Lipinski definition) is 2. The number of pyridine rings is 1. The van der Waals surface area contributed by atoms with E-state index in [2.05, 4.69) is 20.3 Å². The molecule has 5 nitrogen and oxygen atoms in total. The van der Waals surface area contributed by atoms with Crippen molar-refractivity contribution in [3.63, 3.8) is 0 Å². The zero-order valence-corrected chi connectivity index (χ0v) is 13.3. The average Bonchev–Trinajstić information content (AvgIpc) is 2.53. The van der Waals surface area contributed by atoms with Crippen molar-refractivity contribution in [1.29, 1.82) is 0 Å². The molecule has 7 heteroatoms. The van der Waals surface area contributed by atoms with E-state index >= 15 is 0 Å². The Kier molecular flexibility index (Phi) is 4.31. The van der Waals surface area contributed by atoms with Crippen LogP contribution in [0.25, 0.3) is 10.9 Å². The Bertz CT molecular complexity index is 881. The summed E-state index contributed by atoms with van der Waals surface area (Å²) >= 11 is 7.52. The maximum absolute atomic E-state index is 12.1. The molecular weight excluding hydrogens is 320 g/mol. The summed E-state index contributed by atoms with van der Waals surface area (Å²) < 4.78 is 0. The number of nitrogens with zero attached hydrogens (tertiary/aromatic N) is 2. The number of thioether (sulfide) groups is 1. The van der Waals surface area contributed by atoms with Crippen LogP contribution in [0.1, 0.15) is 5.56 Å². The summed E-state index contributed by atoms with van der Waals surface area (Å²) in [4.78, 5) is 23.4. The second-order valence-corrected chi connectivity index (χ2v) is 5.89. The Hall–Kier alpha value is -2.05. The van der Waals surface area contributed by atoms with E-state index in [0.29, 0.717) is 23.1 Å². The molecule has 112 valence electrons. The van der Waals surface area contributed by atoms with Gasteiger partial charge in [0, 0.05) is 34.2 Å². The van der Waals surface area contributed by atoms with Crippen molar-refractivity contribution in [1.82, 2.24) is 15.0 Å². The highest BCUT2D eigenvalue weighted by Crippen LogP contribution is 2.17. The Morgan fingerprint density at radius 3 is 3.00 bits per heavy atom. The zero-order chi connectivity index (χ0) is 15.5. The minimum atomic E-state index is -0.136. The summed E-state index contributed by atoms with van der Waals surface area (Å²) in [6, 6.07) is 9.02. The molecule has 2 heterocycles. The topological polar surface area (TPSA) is 70.7 Å². The molecule has 0 unspecified atom stereocenters. The molecule has 0 aliphatic rings. The molecule has 0 spiro atoms. The maximum atomic E-state index is 12.1. The second kappa shape index (κ2) is 6.37. The number of nitrogens with one attached hydrogen (secondary N) is 2. The van der Waals surface area contributed by atoms with Gasteiger partial charge >= 0.3 is 0 Å². The molecule has 0 amide bonds. The number of benzene rings is 1. The number of aromatic amines is 1. The first-order valence-electron chi connectivity index (χ1n) is 6.58. The first kappa shape index (κ1) is 14.9. The SMILES string of the molecule is CSc1ccnc(NCc2cc3cc(Cl)ccc3[nH]c2=O)n1. The minimum Gasteiger partial charge on any atom is -0.350 e. The van der Waals surface area contributed by atoms with E-state index in [0.717, 1.165) is 15.9 Å².